The van der Waals surface area contributed by atoms with Crippen LogP contribution >= 0.6 is 0 Å². The molecule has 6 nitrogen and oxygen atoms in total. The Morgan fingerprint density at radius 2 is 2.06 bits per heavy atom. The number of carboxylic acid groups (broad SMARTS) is 1. The van der Waals surface area contributed by atoms with Gasteiger partial charge in [-0.1, -0.05) is 6.07 Å². The lowest BCUT2D eigenvalue weighted by atomic mass is 10.0. The number of carboxylic acids is 1. The van der Waals surface area contributed by atoms with E-state index in [2.05, 4.69) is 0 Å². The molecular formula is C10H9NO5. The summed E-state index contributed by atoms with van der Waals surface area (Å²) in [5, 5.41) is 18.9. The molecule has 0 spiro atoms. The molecule has 1 aromatic rings. The number of nitrogens with zero attached hydrogens (tertiary/aromatic N) is 1. The molecule has 84 valence electrons. The number of hydrogen-bond acceptors (Lipinski definition) is 4. The number of rotatable bonds is 4. The molecule has 16 heavy (non-hydrogen) atoms. The second-order valence-electron chi connectivity index (χ2n) is 3.25. The highest BCUT2D eigenvalue weighted by atomic mass is 16.6. The first-order valence-electron chi connectivity index (χ1n) is 4.42. The second kappa shape index (κ2) is 4.52. The van der Waals surface area contributed by atoms with Crippen LogP contribution in [0.1, 0.15) is 22.3 Å². The molecule has 1 aromatic carbocycles. The third kappa shape index (κ3) is 2.63. The molecule has 1 N–H and O–H groups in total. The zero-order valence-corrected chi connectivity index (χ0v) is 8.47. The molecule has 0 radical (unpaired) electrons. The van der Waals surface area contributed by atoms with Gasteiger partial charge in [0.25, 0.3) is 5.69 Å². The average molecular weight is 223 g/mol. The maximum absolute atomic E-state index is 11.4. The molecule has 0 saturated heterocycles. The van der Waals surface area contributed by atoms with E-state index in [1.165, 1.54) is 12.1 Å². The summed E-state index contributed by atoms with van der Waals surface area (Å²) < 4.78 is 0. The van der Waals surface area contributed by atoms with Crippen LogP contribution in [0.3, 0.4) is 0 Å². The normalized spacial score (nSPS) is 9.81. The van der Waals surface area contributed by atoms with Gasteiger partial charge >= 0.3 is 5.97 Å². The number of benzene rings is 1. The fraction of sp³-hybridized carbons (Fsp3) is 0.200. The van der Waals surface area contributed by atoms with Gasteiger partial charge in [-0.05, 0) is 12.5 Å². The van der Waals surface area contributed by atoms with Crippen molar-refractivity contribution < 1.29 is 19.6 Å². The number of carbonyl (C=O) groups is 2. The molecule has 0 amide bonds. The lowest BCUT2D eigenvalue weighted by molar-refractivity contribution is -0.384. The first kappa shape index (κ1) is 11.8. The molecule has 0 unspecified atom stereocenters. The summed E-state index contributed by atoms with van der Waals surface area (Å²) in [7, 11) is 0. The van der Waals surface area contributed by atoms with Gasteiger partial charge in [0.05, 0.1) is 4.92 Å². The summed E-state index contributed by atoms with van der Waals surface area (Å²) in [6.45, 7) is 1.60. The van der Waals surface area contributed by atoms with E-state index >= 15 is 0 Å². The number of nitro groups is 1. The van der Waals surface area contributed by atoms with Crippen molar-refractivity contribution in [1.82, 2.24) is 0 Å². The Kier molecular flexibility index (Phi) is 3.34. The van der Waals surface area contributed by atoms with E-state index in [9.17, 15) is 19.7 Å². The van der Waals surface area contributed by atoms with E-state index < -0.39 is 23.1 Å². The van der Waals surface area contributed by atoms with Crippen LogP contribution < -0.4 is 0 Å². The zero-order chi connectivity index (χ0) is 12.3. The van der Waals surface area contributed by atoms with E-state index in [1.807, 2.05) is 0 Å². The minimum atomic E-state index is -1.25. The standard InChI is InChI=1S/C10H9NO5/c1-6-2-3-7(11(15)16)4-8(6)9(12)5-10(13)14/h2-4H,5H2,1H3,(H,13,14). The SMILES string of the molecule is Cc1ccc([N+](=O)[O-])cc1C(=O)CC(=O)O. The highest BCUT2D eigenvalue weighted by Crippen LogP contribution is 2.18. The minimum absolute atomic E-state index is 0.0802. The van der Waals surface area contributed by atoms with Crippen LogP contribution in [0, 0.1) is 17.0 Å². The number of aliphatic carboxylic acids is 1. The van der Waals surface area contributed by atoms with Crippen molar-refractivity contribution in [2.24, 2.45) is 0 Å². The van der Waals surface area contributed by atoms with Crippen molar-refractivity contribution in [3.05, 3.63) is 39.4 Å². The molecule has 0 aromatic heterocycles. The number of carbonyl (C=O) groups excluding carboxylic acids is 1. The molecule has 0 aliphatic heterocycles. The first-order chi connectivity index (χ1) is 7.41. The van der Waals surface area contributed by atoms with Crippen molar-refractivity contribution in [3.63, 3.8) is 0 Å². The van der Waals surface area contributed by atoms with Gasteiger partial charge in [-0.2, -0.15) is 0 Å². The Hall–Kier alpha value is -2.24. The van der Waals surface area contributed by atoms with E-state index in [-0.39, 0.29) is 11.3 Å². The Morgan fingerprint density at radius 1 is 1.44 bits per heavy atom. The molecule has 0 aliphatic carbocycles. The van der Waals surface area contributed by atoms with Crippen LogP contribution in [0.25, 0.3) is 0 Å². The number of hydrogen-bond donors (Lipinski definition) is 1. The van der Waals surface area contributed by atoms with Gasteiger partial charge < -0.3 is 5.11 Å². The van der Waals surface area contributed by atoms with Gasteiger partial charge in [0.2, 0.25) is 0 Å². The second-order valence-corrected chi connectivity index (χ2v) is 3.25. The Labute approximate surface area is 90.7 Å². The van der Waals surface area contributed by atoms with Crippen LogP contribution in [0.5, 0.6) is 0 Å². The lowest BCUT2D eigenvalue weighted by Crippen LogP contribution is -2.09. The summed E-state index contributed by atoms with van der Waals surface area (Å²) >= 11 is 0. The fourth-order valence-electron chi connectivity index (χ4n) is 1.26. The summed E-state index contributed by atoms with van der Waals surface area (Å²) in [5.41, 5.74) is 0.382. The number of nitro benzene ring substituents is 1. The smallest absolute Gasteiger partial charge is 0.311 e. The largest absolute Gasteiger partial charge is 0.481 e. The van der Waals surface area contributed by atoms with Gasteiger partial charge in [-0.25, -0.2) is 0 Å². The van der Waals surface area contributed by atoms with Gasteiger partial charge in [-0.15, -0.1) is 0 Å². The quantitative estimate of drug-likeness (QED) is 0.361. The highest BCUT2D eigenvalue weighted by molar-refractivity contribution is 6.06. The summed E-state index contributed by atoms with van der Waals surface area (Å²) in [6, 6.07) is 3.79. The molecule has 1 rings (SSSR count). The topological polar surface area (TPSA) is 97.5 Å². The Morgan fingerprint density at radius 3 is 2.56 bits per heavy atom. The number of non-ortho nitro benzene ring substituents is 1. The summed E-state index contributed by atoms with van der Waals surface area (Å²) in [4.78, 5) is 31.7. The van der Waals surface area contributed by atoms with Crippen LogP contribution in [-0.2, 0) is 4.79 Å². The van der Waals surface area contributed by atoms with E-state index in [4.69, 9.17) is 5.11 Å². The van der Waals surface area contributed by atoms with Gasteiger partial charge in [0, 0.05) is 17.7 Å². The summed E-state index contributed by atoms with van der Waals surface area (Å²) in [6.07, 6.45) is -0.665. The van der Waals surface area contributed by atoms with E-state index in [1.54, 1.807) is 6.92 Å². The highest BCUT2D eigenvalue weighted by Gasteiger charge is 2.16. The molecular weight excluding hydrogens is 214 g/mol. The summed E-state index contributed by atoms with van der Waals surface area (Å²) in [5.74, 6) is -1.88. The number of Topliss-reactive ketones (excluding diaryl/α,β-unsaturated/α-hetero) is 1. The van der Waals surface area contributed by atoms with Gasteiger partial charge in [0.1, 0.15) is 6.42 Å². The molecule has 0 aliphatic rings. The van der Waals surface area contributed by atoms with Crippen molar-refractivity contribution in [3.8, 4) is 0 Å². The zero-order valence-electron chi connectivity index (χ0n) is 8.47. The van der Waals surface area contributed by atoms with Crippen LogP contribution in [0.4, 0.5) is 5.69 Å². The van der Waals surface area contributed by atoms with E-state index in [0.29, 0.717) is 5.56 Å². The first-order valence-corrected chi connectivity index (χ1v) is 4.42. The molecule has 0 heterocycles. The Bertz CT molecular complexity index is 466. The van der Waals surface area contributed by atoms with Crippen LogP contribution in [0.15, 0.2) is 18.2 Å². The predicted octanol–water partition coefficient (Wildman–Crippen LogP) is 1.56. The third-order valence-electron chi connectivity index (χ3n) is 2.04. The molecule has 0 atom stereocenters. The maximum atomic E-state index is 11.4. The molecule has 0 bridgehead atoms. The lowest BCUT2D eigenvalue weighted by Gasteiger charge is -2.02. The van der Waals surface area contributed by atoms with Crippen molar-refractivity contribution in [1.29, 1.82) is 0 Å². The van der Waals surface area contributed by atoms with Crippen molar-refractivity contribution in [2.45, 2.75) is 13.3 Å². The Balaban J connectivity index is 3.11. The number of aryl methyl sites for hydroxylation is 1. The molecule has 0 fully saturated rings. The fourth-order valence-corrected chi connectivity index (χ4v) is 1.26. The van der Waals surface area contributed by atoms with Crippen LogP contribution in [-0.4, -0.2) is 21.8 Å². The van der Waals surface area contributed by atoms with Gasteiger partial charge in [0.15, 0.2) is 5.78 Å². The van der Waals surface area contributed by atoms with E-state index in [0.717, 1.165) is 6.07 Å². The minimum Gasteiger partial charge on any atom is -0.481 e. The average Bonchev–Trinajstić information content (AvgIpc) is 2.16. The molecule has 6 heteroatoms. The van der Waals surface area contributed by atoms with Gasteiger partial charge in [-0.3, -0.25) is 19.7 Å². The van der Waals surface area contributed by atoms with Crippen LogP contribution in [0.2, 0.25) is 0 Å². The predicted molar refractivity (Wildman–Crippen MR) is 54.4 cm³/mol. The number of ketones is 1. The van der Waals surface area contributed by atoms with Crippen molar-refractivity contribution in [2.75, 3.05) is 0 Å². The third-order valence-corrected chi connectivity index (χ3v) is 2.04. The maximum Gasteiger partial charge on any atom is 0.311 e. The monoisotopic (exact) mass is 223 g/mol. The van der Waals surface area contributed by atoms with Crippen molar-refractivity contribution >= 4 is 17.4 Å². The molecule has 0 saturated carbocycles.